The summed E-state index contributed by atoms with van der Waals surface area (Å²) in [6, 6.07) is 9.20. The van der Waals surface area contributed by atoms with Gasteiger partial charge >= 0.3 is 0 Å². The van der Waals surface area contributed by atoms with Crippen molar-refractivity contribution in [2.24, 2.45) is 0 Å². The number of anilines is 1. The first-order valence-electron chi connectivity index (χ1n) is 5.20. The number of hydrogen-bond acceptors (Lipinski definition) is 1. The third-order valence-electron chi connectivity index (χ3n) is 2.45. The average Bonchev–Trinajstić information content (AvgIpc) is 2.33. The van der Waals surface area contributed by atoms with Crippen LogP contribution in [0.25, 0.3) is 0 Å². The molecule has 0 heterocycles. The Morgan fingerprint density at radius 2 is 1.72 bits per heavy atom. The van der Waals surface area contributed by atoms with Crippen LogP contribution in [0.15, 0.2) is 40.9 Å². The van der Waals surface area contributed by atoms with Gasteiger partial charge in [-0.25, -0.2) is 8.78 Å². The van der Waals surface area contributed by atoms with Gasteiger partial charge in [0.1, 0.15) is 11.6 Å². The molecular weight excluding hydrogens is 324 g/mol. The van der Waals surface area contributed by atoms with Crippen LogP contribution in [0.2, 0.25) is 5.02 Å². The SMILES string of the molecule is Fc1cccc(CNc2c(F)cccc2Br)c1Cl. The molecule has 0 aliphatic carbocycles. The van der Waals surface area contributed by atoms with Gasteiger partial charge in [-0.1, -0.05) is 29.8 Å². The normalized spacial score (nSPS) is 10.4. The lowest BCUT2D eigenvalue weighted by molar-refractivity contribution is 0.625. The van der Waals surface area contributed by atoms with Gasteiger partial charge in [-0.2, -0.15) is 0 Å². The largest absolute Gasteiger partial charge is 0.378 e. The van der Waals surface area contributed by atoms with Gasteiger partial charge < -0.3 is 5.32 Å². The zero-order chi connectivity index (χ0) is 13.1. The number of halogens is 4. The molecule has 0 radical (unpaired) electrons. The summed E-state index contributed by atoms with van der Waals surface area (Å²) in [5.74, 6) is -0.861. The highest BCUT2D eigenvalue weighted by atomic mass is 79.9. The standard InChI is InChI=1S/C13H9BrClF2N/c14-9-4-2-6-11(17)13(9)18-7-8-3-1-5-10(16)12(8)15/h1-6,18H,7H2. The minimum absolute atomic E-state index is 0.0532. The monoisotopic (exact) mass is 331 g/mol. The van der Waals surface area contributed by atoms with Crippen molar-refractivity contribution < 1.29 is 8.78 Å². The molecule has 0 fully saturated rings. The fraction of sp³-hybridized carbons (Fsp3) is 0.0769. The van der Waals surface area contributed by atoms with Gasteiger partial charge in [0.25, 0.3) is 0 Å². The summed E-state index contributed by atoms with van der Waals surface area (Å²) in [7, 11) is 0. The van der Waals surface area contributed by atoms with Crippen LogP contribution in [-0.4, -0.2) is 0 Å². The molecule has 1 N–H and O–H groups in total. The number of para-hydroxylation sites is 1. The van der Waals surface area contributed by atoms with Crippen molar-refractivity contribution in [3.05, 3.63) is 63.1 Å². The van der Waals surface area contributed by atoms with Crippen LogP contribution in [0.1, 0.15) is 5.56 Å². The molecule has 0 aliphatic heterocycles. The quantitative estimate of drug-likeness (QED) is 0.834. The molecule has 0 aromatic heterocycles. The van der Waals surface area contributed by atoms with Crippen molar-refractivity contribution in [1.82, 2.24) is 0 Å². The van der Waals surface area contributed by atoms with Crippen LogP contribution >= 0.6 is 27.5 Å². The summed E-state index contributed by atoms with van der Waals surface area (Å²) in [5.41, 5.74) is 0.907. The molecule has 0 aliphatic rings. The van der Waals surface area contributed by atoms with Gasteiger partial charge in [0.05, 0.1) is 10.7 Å². The van der Waals surface area contributed by atoms with E-state index in [0.717, 1.165) is 0 Å². The minimum Gasteiger partial charge on any atom is -0.378 e. The molecule has 2 aromatic carbocycles. The third kappa shape index (κ3) is 2.82. The van der Waals surface area contributed by atoms with Gasteiger partial charge in [0.15, 0.2) is 0 Å². The molecule has 0 bridgehead atoms. The number of rotatable bonds is 3. The molecule has 94 valence electrons. The van der Waals surface area contributed by atoms with E-state index >= 15 is 0 Å². The molecule has 5 heteroatoms. The maximum atomic E-state index is 13.5. The predicted molar refractivity (Wildman–Crippen MR) is 72.8 cm³/mol. The smallest absolute Gasteiger partial charge is 0.147 e. The maximum Gasteiger partial charge on any atom is 0.147 e. The molecule has 0 spiro atoms. The van der Waals surface area contributed by atoms with Crippen molar-refractivity contribution in [2.75, 3.05) is 5.32 Å². The van der Waals surface area contributed by atoms with Crippen LogP contribution in [-0.2, 0) is 6.54 Å². The van der Waals surface area contributed by atoms with Crippen molar-refractivity contribution in [1.29, 1.82) is 0 Å². The molecule has 0 saturated carbocycles. The highest BCUT2D eigenvalue weighted by Crippen LogP contribution is 2.27. The summed E-state index contributed by atoms with van der Waals surface area (Å²) in [4.78, 5) is 0. The molecule has 0 unspecified atom stereocenters. The Kier molecular flexibility index (Phi) is 4.19. The van der Waals surface area contributed by atoms with Crippen LogP contribution in [0, 0.1) is 11.6 Å². The van der Waals surface area contributed by atoms with E-state index < -0.39 is 5.82 Å². The summed E-state index contributed by atoms with van der Waals surface area (Å²) < 4.78 is 27.4. The first-order chi connectivity index (χ1) is 8.59. The van der Waals surface area contributed by atoms with Crippen LogP contribution in [0.4, 0.5) is 14.5 Å². The molecule has 2 rings (SSSR count). The van der Waals surface area contributed by atoms with E-state index in [1.54, 1.807) is 24.3 Å². The summed E-state index contributed by atoms with van der Waals surface area (Å²) in [6.45, 7) is 0.246. The summed E-state index contributed by atoms with van der Waals surface area (Å²) in [5, 5.41) is 2.95. The number of nitrogens with one attached hydrogen (secondary N) is 1. The van der Waals surface area contributed by atoms with E-state index in [2.05, 4.69) is 21.2 Å². The van der Waals surface area contributed by atoms with E-state index in [0.29, 0.717) is 15.7 Å². The lowest BCUT2D eigenvalue weighted by Crippen LogP contribution is -2.03. The van der Waals surface area contributed by atoms with Crippen molar-refractivity contribution in [3.8, 4) is 0 Å². The molecule has 0 atom stereocenters. The van der Waals surface area contributed by atoms with Gasteiger partial charge in [-0.05, 0) is 39.7 Å². The lowest BCUT2D eigenvalue weighted by atomic mass is 10.2. The van der Waals surface area contributed by atoms with E-state index in [1.165, 1.54) is 12.1 Å². The van der Waals surface area contributed by atoms with Crippen molar-refractivity contribution in [2.45, 2.75) is 6.54 Å². The van der Waals surface area contributed by atoms with Gasteiger partial charge in [-0.15, -0.1) is 0 Å². The van der Waals surface area contributed by atoms with Crippen molar-refractivity contribution in [3.63, 3.8) is 0 Å². The zero-order valence-electron chi connectivity index (χ0n) is 9.18. The topological polar surface area (TPSA) is 12.0 Å². The van der Waals surface area contributed by atoms with E-state index in [-0.39, 0.29) is 17.4 Å². The zero-order valence-corrected chi connectivity index (χ0v) is 11.5. The second-order valence-electron chi connectivity index (χ2n) is 3.66. The first-order valence-corrected chi connectivity index (χ1v) is 6.37. The Labute approximate surface area is 117 Å². The Morgan fingerprint density at radius 3 is 2.44 bits per heavy atom. The van der Waals surface area contributed by atoms with Crippen LogP contribution < -0.4 is 5.32 Å². The Bertz CT molecular complexity index is 555. The van der Waals surface area contributed by atoms with Gasteiger partial charge in [0.2, 0.25) is 0 Å². The van der Waals surface area contributed by atoms with E-state index in [1.807, 2.05) is 0 Å². The third-order valence-corrected chi connectivity index (χ3v) is 3.53. The molecular formula is C13H9BrClF2N. The van der Waals surface area contributed by atoms with Crippen LogP contribution in [0.5, 0.6) is 0 Å². The molecule has 0 saturated heterocycles. The second kappa shape index (κ2) is 5.67. The van der Waals surface area contributed by atoms with Crippen molar-refractivity contribution >= 4 is 33.2 Å². The predicted octanol–water partition coefficient (Wildman–Crippen LogP) is 4.99. The molecule has 0 amide bonds. The average molecular weight is 333 g/mol. The molecule has 1 nitrogen and oxygen atoms in total. The van der Waals surface area contributed by atoms with E-state index in [9.17, 15) is 8.78 Å². The Hall–Kier alpha value is -1.13. The second-order valence-corrected chi connectivity index (χ2v) is 4.90. The lowest BCUT2D eigenvalue weighted by Gasteiger charge is -2.11. The van der Waals surface area contributed by atoms with Gasteiger partial charge in [-0.3, -0.25) is 0 Å². The highest BCUT2D eigenvalue weighted by Gasteiger charge is 2.09. The summed E-state index contributed by atoms with van der Waals surface area (Å²) in [6.07, 6.45) is 0. The maximum absolute atomic E-state index is 13.5. The molecule has 18 heavy (non-hydrogen) atoms. The number of benzene rings is 2. The highest BCUT2D eigenvalue weighted by molar-refractivity contribution is 9.10. The molecule has 2 aromatic rings. The fourth-order valence-corrected chi connectivity index (χ4v) is 2.21. The summed E-state index contributed by atoms with van der Waals surface area (Å²) >= 11 is 9.06. The Morgan fingerprint density at radius 1 is 1.06 bits per heavy atom. The van der Waals surface area contributed by atoms with Crippen LogP contribution in [0.3, 0.4) is 0 Å². The number of hydrogen-bond donors (Lipinski definition) is 1. The minimum atomic E-state index is -0.483. The Balaban J connectivity index is 2.19. The first kappa shape index (κ1) is 13.3. The fourth-order valence-electron chi connectivity index (χ4n) is 1.54. The van der Waals surface area contributed by atoms with E-state index in [4.69, 9.17) is 11.6 Å². The van der Waals surface area contributed by atoms with Gasteiger partial charge in [0, 0.05) is 11.0 Å².